The molecule has 1 amide bonds. The number of rotatable bonds is 4. The van der Waals surface area contributed by atoms with Gasteiger partial charge in [-0.25, -0.2) is 8.42 Å². The minimum atomic E-state index is -3.60. The number of furan rings is 1. The first kappa shape index (κ1) is 15.8. The van der Waals surface area contributed by atoms with Gasteiger partial charge < -0.3 is 9.32 Å². The van der Waals surface area contributed by atoms with E-state index in [4.69, 9.17) is 4.42 Å². The van der Waals surface area contributed by atoms with E-state index in [9.17, 15) is 13.2 Å². The SMILES string of the molecule is CC(=O)N1CCc2cc(S(=O)(=O)N(C)Cc3ccco3)ccc21. The van der Waals surface area contributed by atoms with Crippen molar-refractivity contribution in [2.75, 3.05) is 18.5 Å². The van der Waals surface area contributed by atoms with E-state index in [0.717, 1.165) is 11.3 Å². The second kappa shape index (κ2) is 5.82. The second-order valence-corrected chi connectivity index (χ2v) is 7.60. The highest BCUT2D eigenvalue weighted by atomic mass is 32.2. The van der Waals surface area contributed by atoms with Gasteiger partial charge in [-0.3, -0.25) is 4.79 Å². The predicted molar refractivity (Wildman–Crippen MR) is 85.5 cm³/mol. The molecule has 3 rings (SSSR count). The Morgan fingerprint density at radius 2 is 2.13 bits per heavy atom. The molecule has 6 nitrogen and oxygen atoms in total. The quantitative estimate of drug-likeness (QED) is 0.857. The fraction of sp³-hybridized carbons (Fsp3) is 0.312. The molecule has 0 N–H and O–H groups in total. The van der Waals surface area contributed by atoms with Crippen LogP contribution < -0.4 is 4.90 Å². The molecule has 0 atom stereocenters. The Labute approximate surface area is 135 Å². The number of benzene rings is 1. The molecule has 0 spiro atoms. The van der Waals surface area contributed by atoms with Gasteiger partial charge in [-0.15, -0.1) is 0 Å². The van der Waals surface area contributed by atoms with Crippen molar-refractivity contribution in [3.05, 3.63) is 47.9 Å². The summed E-state index contributed by atoms with van der Waals surface area (Å²) in [6, 6.07) is 8.37. The first-order valence-electron chi connectivity index (χ1n) is 7.29. The van der Waals surface area contributed by atoms with E-state index in [-0.39, 0.29) is 17.3 Å². The van der Waals surface area contributed by atoms with Crippen LogP contribution in [-0.4, -0.2) is 32.2 Å². The van der Waals surface area contributed by atoms with E-state index in [2.05, 4.69) is 0 Å². The maximum absolute atomic E-state index is 12.7. The van der Waals surface area contributed by atoms with Crippen LogP contribution in [0.15, 0.2) is 45.9 Å². The van der Waals surface area contributed by atoms with Gasteiger partial charge in [0, 0.05) is 26.2 Å². The lowest BCUT2D eigenvalue weighted by molar-refractivity contribution is -0.116. The van der Waals surface area contributed by atoms with E-state index < -0.39 is 10.0 Å². The summed E-state index contributed by atoms with van der Waals surface area (Å²) >= 11 is 0. The third kappa shape index (κ3) is 2.89. The standard InChI is InChI=1S/C16H18N2O4S/c1-12(19)18-8-7-13-10-15(5-6-16(13)18)23(20,21)17(2)11-14-4-3-9-22-14/h3-6,9-10H,7-8,11H2,1-2H3. The molecule has 0 fully saturated rings. The van der Waals surface area contributed by atoms with Gasteiger partial charge in [-0.05, 0) is 42.3 Å². The van der Waals surface area contributed by atoms with E-state index in [1.807, 2.05) is 0 Å². The van der Waals surface area contributed by atoms with Crippen molar-refractivity contribution >= 4 is 21.6 Å². The Morgan fingerprint density at radius 1 is 1.35 bits per heavy atom. The molecule has 0 radical (unpaired) electrons. The lowest BCUT2D eigenvalue weighted by Gasteiger charge is -2.18. The minimum Gasteiger partial charge on any atom is -0.468 e. The molecule has 0 saturated carbocycles. The maximum Gasteiger partial charge on any atom is 0.243 e. The smallest absolute Gasteiger partial charge is 0.243 e. The number of nitrogens with zero attached hydrogens (tertiary/aromatic N) is 2. The number of anilines is 1. The van der Waals surface area contributed by atoms with Crippen molar-refractivity contribution < 1.29 is 17.6 Å². The van der Waals surface area contributed by atoms with Crippen LogP contribution in [0.1, 0.15) is 18.2 Å². The van der Waals surface area contributed by atoms with Gasteiger partial charge >= 0.3 is 0 Å². The van der Waals surface area contributed by atoms with Crippen molar-refractivity contribution in [1.29, 1.82) is 0 Å². The average molecular weight is 334 g/mol. The molecule has 122 valence electrons. The zero-order valence-corrected chi connectivity index (χ0v) is 13.8. The van der Waals surface area contributed by atoms with Gasteiger partial charge in [0.05, 0.1) is 17.7 Å². The summed E-state index contributed by atoms with van der Waals surface area (Å²) in [5.74, 6) is 0.550. The first-order chi connectivity index (χ1) is 10.9. The molecule has 1 aromatic carbocycles. The summed E-state index contributed by atoms with van der Waals surface area (Å²) in [6.07, 6.45) is 2.18. The number of sulfonamides is 1. The van der Waals surface area contributed by atoms with E-state index in [1.54, 1.807) is 35.2 Å². The maximum atomic E-state index is 12.7. The summed E-state index contributed by atoms with van der Waals surface area (Å²) in [4.78, 5) is 13.5. The monoisotopic (exact) mass is 334 g/mol. The second-order valence-electron chi connectivity index (χ2n) is 5.55. The molecule has 1 aromatic heterocycles. The number of hydrogen-bond donors (Lipinski definition) is 0. The number of fused-ring (bicyclic) bond motifs is 1. The Morgan fingerprint density at radius 3 is 2.78 bits per heavy atom. The Kier molecular flexibility index (Phi) is 3.99. The molecule has 0 unspecified atom stereocenters. The van der Waals surface area contributed by atoms with Crippen LogP contribution in [0.5, 0.6) is 0 Å². The molecule has 0 saturated heterocycles. The lowest BCUT2D eigenvalue weighted by atomic mass is 10.2. The van der Waals surface area contributed by atoms with Crippen LogP contribution in [0.25, 0.3) is 0 Å². The van der Waals surface area contributed by atoms with Crippen molar-refractivity contribution in [3.8, 4) is 0 Å². The van der Waals surface area contributed by atoms with Gasteiger partial charge in [-0.1, -0.05) is 0 Å². The van der Waals surface area contributed by atoms with Crippen molar-refractivity contribution in [2.24, 2.45) is 0 Å². The highest BCUT2D eigenvalue weighted by molar-refractivity contribution is 7.89. The van der Waals surface area contributed by atoms with Crippen LogP contribution >= 0.6 is 0 Å². The van der Waals surface area contributed by atoms with Crippen molar-refractivity contribution in [3.63, 3.8) is 0 Å². The Bertz CT molecular complexity index is 828. The number of carbonyl (C=O) groups is 1. The van der Waals surface area contributed by atoms with E-state index in [1.165, 1.54) is 24.5 Å². The summed E-state index contributed by atoms with van der Waals surface area (Å²) in [6.45, 7) is 2.28. The van der Waals surface area contributed by atoms with Crippen molar-refractivity contribution in [2.45, 2.75) is 24.8 Å². The Balaban J connectivity index is 1.88. The fourth-order valence-corrected chi connectivity index (χ4v) is 3.94. The number of hydrogen-bond acceptors (Lipinski definition) is 4. The van der Waals surface area contributed by atoms with Gasteiger partial charge in [0.2, 0.25) is 15.9 Å². The van der Waals surface area contributed by atoms with Gasteiger partial charge in [-0.2, -0.15) is 4.31 Å². The van der Waals surface area contributed by atoms with Crippen LogP contribution in [0.4, 0.5) is 5.69 Å². The molecular weight excluding hydrogens is 316 g/mol. The first-order valence-corrected chi connectivity index (χ1v) is 8.73. The molecule has 2 aromatic rings. The van der Waals surface area contributed by atoms with Gasteiger partial charge in [0.25, 0.3) is 0 Å². The highest BCUT2D eigenvalue weighted by Crippen LogP contribution is 2.31. The van der Waals surface area contributed by atoms with Crippen LogP contribution in [0, 0.1) is 0 Å². The Hall–Kier alpha value is -2.12. The highest BCUT2D eigenvalue weighted by Gasteiger charge is 2.27. The average Bonchev–Trinajstić information content (AvgIpc) is 3.15. The van der Waals surface area contributed by atoms with E-state index in [0.29, 0.717) is 18.7 Å². The van der Waals surface area contributed by atoms with Crippen molar-refractivity contribution in [1.82, 2.24) is 4.31 Å². The van der Waals surface area contributed by atoms with E-state index >= 15 is 0 Å². The fourth-order valence-electron chi connectivity index (χ4n) is 2.75. The van der Waals surface area contributed by atoms with Crippen LogP contribution in [0.3, 0.4) is 0 Å². The molecule has 0 aliphatic carbocycles. The van der Waals surface area contributed by atoms with Gasteiger partial charge in [0.15, 0.2) is 0 Å². The summed E-state index contributed by atoms with van der Waals surface area (Å²) in [5, 5.41) is 0. The molecule has 1 aliphatic rings. The third-order valence-electron chi connectivity index (χ3n) is 3.99. The third-order valence-corrected chi connectivity index (χ3v) is 5.79. The topological polar surface area (TPSA) is 70.8 Å². The largest absolute Gasteiger partial charge is 0.468 e. The van der Waals surface area contributed by atoms with Crippen LogP contribution in [0.2, 0.25) is 0 Å². The number of amides is 1. The molecule has 7 heteroatoms. The molecule has 23 heavy (non-hydrogen) atoms. The van der Waals surface area contributed by atoms with Gasteiger partial charge in [0.1, 0.15) is 5.76 Å². The molecular formula is C16H18N2O4S. The lowest BCUT2D eigenvalue weighted by Crippen LogP contribution is -2.27. The zero-order valence-electron chi connectivity index (χ0n) is 13.0. The zero-order chi connectivity index (χ0) is 16.6. The minimum absolute atomic E-state index is 0.0331. The predicted octanol–water partition coefficient (Wildman–Crippen LogP) is 2.01. The molecule has 2 heterocycles. The molecule has 0 bridgehead atoms. The number of carbonyl (C=O) groups excluding carboxylic acids is 1. The molecule has 1 aliphatic heterocycles. The summed E-state index contributed by atoms with van der Waals surface area (Å²) < 4.78 is 31.8. The van der Waals surface area contributed by atoms with Crippen LogP contribution in [-0.2, 0) is 27.8 Å². The normalized spacial score (nSPS) is 14.3. The summed E-state index contributed by atoms with van der Waals surface area (Å²) in [7, 11) is -2.08. The summed E-state index contributed by atoms with van der Waals surface area (Å²) in [5.41, 5.74) is 1.68.